The first-order chi connectivity index (χ1) is 11.6. The number of nitrogens with zero attached hydrogens (tertiary/aromatic N) is 1. The Kier molecular flexibility index (Phi) is 5.00. The monoisotopic (exact) mass is 387 g/mol. The lowest BCUT2D eigenvalue weighted by Gasteiger charge is -2.17. The Morgan fingerprint density at radius 1 is 1.17 bits per heavy atom. The summed E-state index contributed by atoms with van der Waals surface area (Å²) in [5.41, 5.74) is 2.05. The van der Waals surface area contributed by atoms with Crippen molar-refractivity contribution in [1.29, 1.82) is 0 Å². The summed E-state index contributed by atoms with van der Waals surface area (Å²) in [7, 11) is 0. The highest BCUT2D eigenvalue weighted by Crippen LogP contribution is 2.27. The largest absolute Gasteiger partial charge is 0.426 e. The Morgan fingerprint density at radius 2 is 1.83 bits per heavy atom. The van der Waals surface area contributed by atoms with Crippen LogP contribution in [0.15, 0.2) is 53.0 Å². The van der Waals surface area contributed by atoms with Gasteiger partial charge in [-0.1, -0.05) is 35.0 Å². The summed E-state index contributed by atoms with van der Waals surface area (Å²) in [5, 5.41) is 0. The van der Waals surface area contributed by atoms with Crippen molar-refractivity contribution in [2.45, 2.75) is 19.8 Å². The van der Waals surface area contributed by atoms with Crippen molar-refractivity contribution < 1.29 is 14.3 Å². The van der Waals surface area contributed by atoms with E-state index < -0.39 is 5.92 Å². The second-order valence-corrected chi connectivity index (χ2v) is 6.72. The van der Waals surface area contributed by atoms with E-state index in [1.165, 1.54) is 5.56 Å². The maximum absolute atomic E-state index is 12.3. The maximum Gasteiger partial charge on any atom is 0.316 e. The highest BCUT2D eigenvalue weighted by atomic mass is 79.9. The van der Waals surface area contributed by atoms with Gasteiger partial charge in [0, 0.05) is 23.1 Å². The Morgan fingerprint density at radius 3 is 2.46 bits per heavy atom. The molecule has 0 bridgehead atoms. The Bertz CT molecular complexity index is 740. The van der Waals surface area contributed by atoms with Crippen molar-refractivity contribution in [1.82, 2.24) is 0 Å². The van der Waals surface area contributed by atoms with Crippen LogP contribution in [0.4, 0.5) is 5.69 Å². The van der Waals surface area contributed by atoms with Gasteiger partial charge in [0.15, 0.2) is 0 Å². The van der Waals surface area contributed by atoms with Crippen molar-refractivity contribution in [2.75, 3.05) is 11.4 Å². The number of hydrogen-bond donors (Lipinski definition) is 0. The first-order valence-electron chi connectivity index (χ1n) is 7.93. The quantitative estimate of drug-likeness (QED) is 0.588. The number of esters is 1. The molecule has 0 N–H and O–H groups in total. The van der Waals surface area contributed by atoms with Crippen molar-refractivity contribution in [3.05, 3.63) is 58.6 Å². The summed E-state index contributed by atoms with van der Waals surface area (Å²) >= 11 is 3.34. The average molecular weight is 388 g/mol. The van der Waals surface area contributed by atoms with Crippen LogP contribution in [-0.4, -0.2) is 18.4 Å². The molecule has 1 aliphatic rings. The van der Waals surface area contributed by atoms with Crippen LogP contribution in [0.1, 0.15) is 18.9 Å². The van der Waals surface area contributed by atoms with Gasteiger partial charge in [-0.15, -0.1) is 0 Å². The molecule has 1 saturated heterocycles. The summed E-state index contributed by atoms with van der Waals surface area (Å²) in [6, 6.07) is 14.9. The second kappa shape index (κ2) is 7.18. The zero-order chi connectivity index (χ0) is 17.1. The Labute approximate surface area is 149 Å². The summed E-state index contributed by atoms with van der Waals surface area (Å²) in [4.78, 5) is 26.2. The summed E-state index contributed by atoms with van der Waals surface area (Å²) in [6.45, 7) is 2.45. The lowest BCUT2D eigenvalue weighted by atomic mass is 10.1. The number of ether oxygens (including phenoxy) is 1. The topological polar surface area (TPSA) is 46.6 Å². The molecule has 2 aromatic carbocycles. The number of hydrogen-bond acceptors (Lipinski definition) is 3. The number of anilines is 1. The van der Waals surface area contributed by atoms with Crippen molar-refractivity contribution >= 4 is 33.5 Å². The molecular formula is C19H18BrNO3. The number of benzene rings is 2. The minimum Gasteiger partial charge on any atom is -0.426 e. The van der Waals surface area contributed by atoms with Gasteiger partial charge in [0.1, 0.15) is 5.75 Å². The van der Waals surface area contributed by atoms with Gasteiger partial charge in [0.2, 0.25) is 5.91 Å². The van der Waals surface area contributed by atoms with Crippen LogP contribution in [-0.2, 0) is 16.0 Å². The van der Waals surface area contributed by atoms with Crippen LogP contribution in [0.2, 0.25) is 0 Å². The Hall–Kier alpha value is -2.14. The van der Waals surface area contributed by atoms with Crippen molar-refractivity contribution in [2.24, 2.45) is 5.92 Å². The number of amides is 1. The molecule has 0 unspecified atom stereocenters. The van der Waals surface area contributed by atoms with Gasteiger partial charge >= 0.3 is 5.97 Å². The first-order valence-corrected chi connectivity index (χ1v) is 8.72. The molecule has 0 aromatic heterocycles. The third-order valence-corrected chi connectivity index (χ3v) is 4.68. The highest BCUT2D eigenvalue weighted by molar-refractivity contribution is 9.10. The molecule has 0 saturated carbocycles. The Balaban J connectivity index is 1.67. The summed E-state index contributed by atoms with van der Waals surface area (Å²) in [5.74, 6) is -0.358. The van der Waals surface area contributed by atoms with Crippen molar-refractivity contribution in [3.63, 3.8) is 0 Å². The summed E-state index contributed by atoms with van der Waals surface area (Å²) < 4.78 is 6.30. The third kappa shape index (κ3) is 3.67. The van der Waals surface area contributed by atoms with Crippen molar-refractivity contribution in [3.8, 4) is 5.75 Å². The van der Waals surface area contributed by atoms with E-state index in [9.17, 15) is 9.59 Å². The zero-order valence-corrected chi connectivity index (χ0v) is 15.0. The van der Waals surface area contributed by atoms with E-state index in [-0.39, 0.29) is 18.3 Å². The number of rotatable bonds is 4. The van der Waals surface area contributed by atoms with Crippen LogP contribution in [0.25, 0.3) is 0 Å². The fraction of sp³-hybridized carbons (Fsp3) is 0.263. The van der Waals surface area contributed by atoms with Crippen LogP contribution in [0, 0.1) is 5.92 Å². The number of aryl methyl sites for hydroxylation is 1. The molecule has 5 heteroatoms. The molecule has 0 aliphatic carbocycles. The first kappa shape index (κ1) is 16.7. The third-order valence-electron chi connectivity index (χ3n) is 4.15. The van der Waals surface area contributed by atoms with Gasteiger partial charge in [-0.2, -0.15) is 0 Å². The fourth-order valence-corrected chi connectivity index (χ4v) is 2.99. The number of halogens is 1. The average Bonchev–Trinajstić information content (AvgIpc) is 2.99. The van der Waals surface area contributed by atoms with Crippen LogP contribution < -0.4 is 9.64 Å². The minimum absolute atomic E-state index is 0.0444. The standard InChI is InChI=1S/C19H18BrNO3/c1-2-13-3-7-16(8-4-13)21-12-14(11-18(21)22)19(23)24-17-9-5-15(20)6-10-17/h3-10,14H,2,11-12H2,1H3/t14-/m0/s1. The minimum atomic E-state index is -0.438. The van der Waals surface area contributed by atoms with Crippen LogP contribution in [0.3, 0.4) is 0 Å². The van der Waals surface area contributed by atoms with E-state index in [1.807, 2.05) is 36.4 Å². The lowest BCUT2D eigenvalue weighted by Crippen LogP contribution is -2.27. The molecule has 24 heavy (non-hydrogen) atoms. The summed E-state index contributed by atoms with van der Waals surface area (Å²) in [6.07, 6.45) is 1.14. The predicted molar refractivity (Wildman–Crippen MR) is 96.1 cm³/mol. The van der Waals surface area contributed by atoms with Gasteiger partial charge in [0.05, 0.1) is 5.92 Å². The highest BCUT2D eigenvalue weighted by Gasteiger charge is 2.36. The molecule has 3 rings (SSSR count). The molecule has 1 atom stereocenters. The van der Waals surface area contributed by atoms with Gasteiger partial charge in [-0.05, 0) is 48.4 Å². The molecule has 2 aromatic rings. The number of carbonyl (C=O) groups is 2. The normalized spacial score (nSPS) is 17.2. The molecule has 1 aliphatic heterocycles. The molecule has 124 valence electrons. The van der Waals surface area contributed by atoms with E-state index >= 15 is 0 Å². The molecule has 4 nitrogen and oxygen atoms in total. The lowest BCUT2D eigenvalue weighted by molar-refractivity contribution is -0.139. The van der Waals surface area contributed by atoms with Gasteiger partial charge < -0.3 is 9.64 Å². The second-order valence-electron chi connectivity index (χ2n) is 5.80. The fourth-order valence-electron chi connectivity index (χ4n) is 2.73. The van der Waals surface area contributed by atoms with Crippen LogP contribution in [0.5, 0.6) is 5.75 Å². The predicted octanol–water partition coefficient (Wildman–Crippen LogP) is 3.97. The molecule has 1 fully saturated rings. The molecule has 0 radical (unpaired) electrons. The van der Waals surface area contributed by atoms with Gasteiger partial charge in [0.25, 0.3) is 0 Å². The van der Waals surface area contributed by atoms with E-state index in [1.54, 1.807) is 17.0 Å². The van der Waals surface area contributed by atoms with E-state index in [0.717, 1.165) is 16.6 Å². The van der Waals surface area contributed by atoms with Gasteiger partial charge in [-0.3, -0.25) is 9.59 Å². The molecule has 1 heterocycles. The molecular weight excluding hydrogens is 370 g/mol. The zero-order valence-electron chi connectivity index (χ0n) is 13.4. The van der Waals surface area contributed by atoms with E-state index in [2.05, 4.69) is 22.9 Å². The van der Waals surface area contributed by atoms with Gasteiger partial charge in [-0.25, -0.2) is 0 Å². The molecule has 1 amide bonds. The maximum atomic E-state index is 12.3. The van der Waals surface area contributed by atoms with E-state index in [4.69, 9.17) is 4.74 Å². The smallest absolute Gasteiger partial charge is 0.316 e. The number of carbonyl (C=O) groups excluding carboxylic acids is 2. The molecule has 0 spiro atoms. The van der Waals surface area contributed by atoms with Crippen LogP contribution >= 0.6 is 15.9 Å². The van der Waals surface area contributed by atoms with E-state index in [0.29, 0.717) is 12.3 Å². The SMILES string of the molecule is CCc1ccc(N2C[C@@H](C(=O)Oc3ccc(Br)cc3)CC2=O)cc1.